The van der Waals surface area contributed by atoms with Crippen molar-refractivity contribution < 1.29 is 18.0 Å². The van der Waals surface area contributed by atoms with Crippen LogP contribution in [0.4, 0.5) is 23.7 Å². The molecule has 0 bridgehead atoms. The van der Waals surface area contributed by atoms with E-state index in [1.807, 2.05) is 13.8 Å². The summed E-state index contributed by atoms with van der Waals surface area (Å²) in [6.45, 7) is 3.98. The number of halogens is 3. The Bertz CT molecular complexity index is 771. The molecule has 2 aromatic rings. The number of nitrogens with zero attached hydrogens (tertiary/aromatic N) is 4. The second-order valence-corrected chi connectivity index (χ2v) is 6.58. The van der Waals surface area contributed by atoms with Gasteiger partial charge in [0.1, 0.15) is 0 Å². The number of rotatable bonds is 2. The molecule has 1 aliphatic heterocycles. The lowest BCUT2D eigenvalue weighted by Gasteiger charge is -2.33. The van der Waals surface area contributed by atoms with Crippen LogP contribution < -0.4 is 5.32 Å². The molecule has 3 rings (SSSR count). The van der Waals surface area contributed by atoms with E-state index in [9.17, 15) is 18.0 Å². The van der Waals surface area contributed by atoms with Gasteiger partial charge in [0.15, 0.2) is 5.65 Å². The highest BCUT2D eigenvalue weighted by Crippen LogP contribution is 2.33. The van der Waals surface area contributed by atoms with Crippen molar-refractivity contribution in [3.05, 3.63) is 18.5 Å². The lowest BCUT2D eigenvalue weighted by Crippen LogP contribution is -2.46. The second-order valence-electron chi connectivity index (χ2n) is 6.58. The molecule has 0 aromatic carbocycles. The summed E-state index contributed by atoms with van der Waals surface area (Å²) in [7, 11) is 0. The Kier molecular flexibility index (Phi) is 4.57. The van der Waals surface area contributed by atoms with Gasteiger partial charge >= 0.3 is 12.2 Å². The minimum Gasteiger partial charge on any atom is -0.324 e. The van der Waals surface area contributed by atoms with Gasteiger partial charge in [-0.25, -0.2) is 14.5 Å². The van der Waals surface area contributed by atoms with E-state index in [0.29, 0.717) is 24.3 Å². The minimum atomic E-state index is -4.27. The molecule has 1 saturated heterocycles. The first kappa shape index (κ1) is 17.5. The third kappa shape index (κ3) is 3.69. The van der Waals surface area contributed by atoms with Crippen molar-refractivity contribution in [2.45, 2.75) is 38.9 Å². The van der Waals surface area contributed by atoms with Gasteiger partial charge in [0.2, 0.25) is 0 Å². The number of carbonyl (C=O) groups excluding carboxylic acids is 1. The Morgan fingerprint density at radius 1 is 1.36 bits per heavy atom. The van der Waals surface area contributed by atoms with Gasteiger partial charge in [-0.1, -0.05) is 0 Å². The molecular weight excluding hydrogens is 335 g/mol. The maximum Gasteiger partial charge on any atom is 0.393 e. The molecule has 1 fully saturated rings. The van der Waals surface area contributed by atoms with E-state index in [0.717, 1.165) is 5.39 Å². The number of fused-ring (bicyclic) bond motifs is 1. The predicted molar refractivity (Wildman–Crippen MR) is 87.3 cm³/mol. The van der Waals surface area contributed by atoms with Crippen molar-refractivity contribution in [2.75, 3.05) is 18.4 Å². The first-order valence-electron chi connectivity index (χ1n) is 8.21. The molecule has 1 unspecified atom stereocenters. The molecule has 2 amide bonds. The van der Waals surface area contributed by atoms with Gasteiger partial charge in [0, 0.05) is 24.5 Å². The quantitative estimate of drug-likeness (QED) is 0.891. The summed E-state index contributed by atoms with van der Waals surface area (Å²) in [5.41, 5.74) is 1.14. The molecule has 1 N–H and O–H groups in total. The number of hydrogen-bond acceptors (Lipinski definition) is 3. The van der Waals surface area contributed by atoms with E-state index >= 15 is 0 Å². The van der Waals surface area contributed by atoms with Crippen molar-refractivity contribution >= 4 is 22.8 Å². The maximum absolute atomic E-state index is 12.9. The molecule has 0 radical (unpaired) electrons. The summed E-state index contributed by atoms with van der Waals surface area (Å²) in [6.07, 6.45) is -0.722. The summed E-state index contributed by atoms with van der Waals surface area (Å²) in [4.78, 5) is 17.8. The van der Waals surface area contributed by atoms with Crippen LogP contribution in [0, 0.1) is 5.92 Å². The summed E-state index contributed by atoms with van der Waals surface area (Å²) in [5, 5.41) is 7.64. The molecule has 0 spiro atoms. The van der Waals surface area contributed by atoms with Gasteiger partial charge in [-0.15, -0.1) is 0 Å². The highest BCUT2D eigenvalue weighted by Gasteiger charge is 2.42. The van der Waals surface area contributed by atoms with Gasteiger partial charge in [0.05, 0.1) is 24.0 Å². The number of anilines is 1. The first-order valence-corrected chi connectivity index (χ1v) is 8.21. The van der Waals surface area contributed by atoms with Crippen LogP contribution in [0.1, 0.15) is 32.7 Å². The number of piperidine rings is 1. The van der Waals surface area contributed by atoms with Crippen molar-refractivity contribution in [1.82, 2.24) is 19.7 Å². The molecule has 1 aliphatic rings. The van der Waals surface area contributed by atoms with Crippen LogP contribution in [0.25, 0.3) is 11.0 Å². The number of aromatic nitrogens is 3. The van der Waals surface area contributed by atoms with E-state index < -0.39 is 18.1 Å². The van der Waals surface area contributed by atoms with Crippen LogP contribution in [0.15, 0.2) is 18.5 Å². The van der Waals surface area contributed by atoms with Crippen LogP contribution >= 0.6 is 0 Å². The third-order valence-electron chi connectivity index (χ3n) is 4.35. The van der Waals surface area contributed by atoms with Gasteiger partial charge in [0.25, 0.3) is 0 Å². The number of amides is 2. The van der Waals surface area contributed by atoms with Crippen molar-refractivity contribution in [3.63, 3.8) is 0 Å². The van der Waals surface area contributed by atoms with Crippen molar-refractivity contribution in [3.8, 4) is 0 Å². The number of pyridine rings is 1. The van der Waals surface area contributed by atoms with Crippen LogP contribution in [-0.2, 0) is 0 Å². The zero-order valence-electron chi connectivity index (χ0n) is 14.0. The molecular formula is C16H20F3N5O. The highest BCUT2D eigenvalue weighted by atomic mass is 19.4. The number of carbonyl (C=O) groups is 1. The number of alkyl halides is 3. The lowest BCUT2D eigenvalue weighted by molar-refractivity contribution is -0.183. The van der Waals surface area contributed by atoms with Gasteiger partial charge in [-0.05, 0) is 32.8 Å². The molecule has 9 heteroatoms. The fourth-order valence-electron chi connectivity index (χ4n) is 3.02. The van der Waals surface area contributed by atoms with Crippen LogP contribution in [0.5, 0.6) is 0 Å². The summed E-state index contributed by atoms with van der Waals surface area (Å²) >= 11 is 0. The zero-order valence-corrected chi connectivity index (χ0v) is 14.0. The van der Waals surface area contributed by atoms with Crippen molar-refractivity contribution in [2.24, 2.45) is 5.92 Å². The van der Waals surface area contributed by atoms with Crippen LogP contribution in [0.3, 0.4) is 0 Å². The molecule has 3 heterocycles. The average molecular weight is 355 g/mol. The number of nitrogens with one attached hydrogen (secondary N) is 1. The minimum absolute atomic E-state index is 0.0647. The first-order chi connectivity index (χ1) is 11.8. The molecule has 0 saturated carbocycles. The fourth-order valence-corrected chi connectivity index (χ4v) is 3.02. The van der Waals surface area contributed by atoms with E-state index in [-0.39, 0.29) is 19.0 Å². The average Bonchev–Trinajstić information content (AvgIpc) is 2.97. The normalized spacial score (nSPS) is 18.8. The Morgan fingerprint density at radius 2 is 2.12 bits per heavy atom. The molecule has 6 nitrogen and oxygen atoms in total. The molecule has 136 valence electrons. The predicted octanol–water partition coefficient (Wildman–Crippen LogP) is 3.82. The molecule has 1 atom stereocenters. The van der Waals surface area contributed by atoms with Gasteiger partial charge in [-0.2, -0.15) is 18.3 Å². The Morgan fingerprint density at radius 3 is 2.80 bits per heavy atom. The smallest absolute Gasteiger partial charge is 0.324 e. The highest BCUT2D eigenvalue weighted by molar-refractivity contribution is 5.91. The lowest BCUT2D eigenvalue weighted by atomic mass is 9.98. The van der Waals surface area contributed by atoms with Crippen molar-refractivity contribution in [1.29, 1.82) is 0 Å². The zero-order chi connectivity index (χ0) is 18.2. The summed E-state index contributed by atoms with van der Waals surface area (Å²) in [6, 6.07) is 1.33. The second kappa shape index (κ2) is 6.53. The van der Waals surface area contributed by atoms with Crippen LogP contribution in [0.2, 0.25) is 0 Å². The summed E-state index contributed by atoms with van der Waals surface area (Å²) in [5.74, 6) is -1.46. The number of likely N-dealkylation sites (tertiary alicyclic amines) is 1. The molecule has 0 aliphatic carbocycles. The Balaban J connectivity index is 1.71. The van der Waals surface area contributed by atoms with Gasteiger partial charge < -0.3 is 10.2 Å². The van der Waals surface area contributed by atoms with Crippen LogP contribution in [-0.4, -0.2) is 45.0 Å². The maximum atomic E-state index is 12.9. The number of urea groups is 1. The molecule has 25 heavy (non-hydrogen) atoms. The fraction of sp³-hybridized carbons (Fsp3) is 0.562. The monoisotopic (exact) mass is 355 g/mol. The van der Waals surface area contributed by atoms with E-state index in [2.05, 4.69) is 15.4 Å². The largest absolute Gasteiger partial charge is 0.393 e. The topological polar surface area (TPSA) is 63.1 Å². The number of hydrogen-bond donors (Lipinski definition) is 1. The Labute approximate surface area is 143 Å². The van der Waals surface area contributed by atoms with E-state index in [4.69, 9.17) is 0 Å². The third-order valence-corrected chi connectivity index (χ3v) is 4.35. The SMILES string of the molecule is CC(C)n1ncc2cc(NC(=O)N3CCCC(C(F)(F)F)C3)cnc21. The van der Waals surface area contributed by atoms with E-state index in [1.165, 1.54) is 11.1 Å². The van der Waals surface area contributed by atoms with Gasteiger partial charge in [-0.3, -0.25) is 0 Å². The van der Waals surface area contributed by atoms with E-state index in [1.54, 1.807) is 16.9 Å². The molecule has 2 aromatic heterocycles. The Hall–Kier alpha value is -2.32. The summed E-state index contributed by atoms with van der Waals surface area (Å²) < 4.78 is 40.4. The standard InChI is InChI=1S/C16H20F3N5O/c1-10(2)24-14-11(7-21-24)6-13(8-20-14)22-15(25)23-5-3-4-12(9-23)16(17,18)19/h6-8,10,12H,3-5,9H2,1-2H3,(H,22,25).